The molecule has 0 aromatic carbocycles. The van der Waals surface area contributed by atoms with Crippen LogP contribution in [-0.4, -0.2) is 58.5 Å². The van der Waals surface area contributed by atoms with Gasteiger partial charge >= 0.3 is 13.3 Å². The van der Waals surface area contributed by atoms with Crippen LogP contribution in [0.4, 0.5) is 0 Å². The largest absolute Gasteiger partial charge is 0.394 e. The van der Waals surface area contributed by atoms with Crippen LogP contribution in [0.5, 0.6) is 0 Å². The highest BCUT2D eigenvalue weighted by Gasteiger charge is 2.55. The highest BCUT2D eigenvalue weighted by atomic mass is 31.2. The van der Waals surface area contributed by atoms with Gasteiger partial charge in [0, 0.05) is 26.0 Å². The number of rotatable bonds is 5. The maximum Gasteiger partial charge on any atom is 0.338 e. The molecule has 0 unspecified atom stereocenters. The fraction of sp³-hybridized carbons (Fsp3) is 0.667. The van der Waals surface area contributed by atoms with Crippen LogP contribution in [0.2, 0.25) is 0 Å². The summed E-state index contributed by atoms with van der Waals surface area (Å²) in [5, 5.41) is 19.9. The minimum Gasteiger partial charge on any atom is -0.394 e. The molecule has 0 saturated carbocycles. The van der Waals surface area contributed by atoms with E-state index in [1.807, 2.05) is 0 Å². The lowest BCUT2D eigenvalue weighted by Crippen LogP contribution is -2.38. The Morgan fingerprint density at radius 2 is 2.00 bits per heavy atom. The fourth-order valence-corrected chi connectivity index (χ4v) is 4.32. The molecular weight excluding hydrogens is 331 g/mol. The molecule has 1 saturated heterocycles. The summed E-state index contributed by atoms with van der Waals surface area (Å²) in [7, 11) is -1.48. The van der Waals surface area contributed by atoms with Crippen molar-refractivity contribution in [3.8, 4) is 0 Å². The number of aliphatic hydroxyl groups excluding tert-OH is 2. The van der Waals surface area contributed by atoms with Gasteiger partial charge in [-0.3, -0.25) is 18.9 Å². The van der Waals surface area contributed by atoms with E-state index >= 15 is 0 Å². The van der Waals surface area contributed by atoms with E-state index < -0.39 is 49.5 Å². The number of H-pyrrole nitrogens is 1. The highest BCUT2D eigenvalue weighted by Crippen LogP contribution is 2.58. The second-order valence-electron chi connectivity index (χ2n) is 5.11. The van der Waals surface area contributed by atoms with Crippen molar-refractivity contribution in [3.05, 3.63) is 32.6 Å². The van der Waals surface area contributed by atoms with E-state index in [1.54, 1.807) is 0 Å². The summed E-state index contributed by atoms with van der Waals surface area (Å²) in [4.78, 5) is 25.5. The first-order valence-corrected chi connectivity index (χ1v) is 8.38. The van der Waals surface area contributed by atoms with Gasteiger partial charge in [-0.15, -0.1) is 0 Å². The number of nitrogens with zero attached hydrogens (tertiary/aromatic N) is 1. The Labute approximate surface area is 131 Å². The van der Waals surface area contributed by atoms with Crippen LogP contribution in [0.15, 0.2) is 15.8 Å². The summed E-state index contributed by atoms with van der Waals surface area (Å²) in [5.41, 5.74) is -2.32. The summed E-state index contributed by atoms with van der Waals surface area (Å²) in [6.07, 6.45) is -2.56. The zero-order chi connectivity index (χ0) is 17.4. The molecule has 1 aromatic rings. The average molecular weight is 350 g/mol. The molecule has 1 fully saturated rings. The van der Waals surface area contributed by atoms with Gasteiger partial charge in [-0.1, -0.05) is 0 Å². The second-order valence-corrected chi connectivity index (χ2v) is 7.52. The van der Waals surface area contributed by atoms with Crippen LogP contribution in [0, 0.1) is 6.92 Å². The van der Waals surface area contributed by atoms with Gasteiger partial charge in [-0.05, 0) is 6.92 Å². The zero-order valence-corrected chi connectivity index (χ0v) is 13.7. The minimum absolute atomic E-state index is 0.228. The Morgan fingerprint density at radius 3 is 2.52 bits per heavy atom. The van der Waals surface area contributed by atoms with Crippen LogP contribution in [0.3, 0.4) is 0 Å². The number of hydrogen-bond acceptors (Lipinski definition) is 8. The van der Waals surface area contributed by atoms with Crippen molar-refractivity contribution in [1.82, 2.24) is 9.55 Å². The predicted octanol–water partition coefficient (Wildman–Crippen LogP) is -1.05. The monoisotopic (exact) mass is 350 g/mol. The SMILES string of the molecule is COP(=O)(OC)[C@H]1[C@@H](O)[C@H](n2cc(C)c(=O)[nH]c2=O)O[C@@H]1CO. The van der Waals surface area contributed by atoms with Gasteiger partial charge in [0.1, 0.15) is 17.9 Å². The first kappa shape index (κ1) is 18.1. The number of aromatic nitrogens is 2. The van der Waals surface area contributed by atoms with Gasteiger partial charge in [0.15, 0.2) is 6.23 Å². The van der Waals surface area contributed by atoms with E-state index in [2.05, 4.69) is 4.98 Å². The van der Waals surface area contributed by atoms with Crippen molar-refractivity contribution in [2.45, 2.75) is 31.0 Å². The van der Waals surface area contributed by atoms with Crippen molar-refractivity contribution in [1.29, 1.82) is 0 Å². The number of aromatic amines is 1. The molecule has 0 bridgehead atoms. The third kappa shape index (κ3) is 3.06. The van der Waals surface area contributed by atoms with Gasteiger partial charge in [0.2, 0.25) is 0 Å². The van der Waals surface area contributed by atoms with Gasteiger partial charge in [0.05, 0.1) is 6.61 Å². The number of aryl methyl sites for hydroxylation is 1. The summed E-state index contributed by atoms with van der Waals surface area (Å²) in [6.45, 7) is 0.915. The van der Waals surface area contributed by atoms with Crippen molar-refractivity contribution in [3.63, 3.8) is 0 Å². The van der Waals surface area contributed by atoms with Crippen molar-refractivity contribution < 1.29 is 28.6 Å². The lowest BCUT2D eigenvalue weighted by atomic mass is 10.2. The average Bonchev–Trinajstić information content (AvgIpc) is 2.87. The molecule has 2 rings (SSSR count). The van der Waals surface area contributed by atoms with E-state index in [-0.39, 0.29) is 5.56 Å². The van der Waals surface area contributed by atoms with Crippen LogP contribution >= 0.6 is 7.60 Å². The van der Waals surface area contributed by atoms with Crippen LogP contribution in [0.25, 0.3) is 0 Å². The van der Waals surface area contributed by atoms with E-state index in [0.717, 1.165) is 18.8 Å². The molecule has 3 N–H and O–H groups in total. The zero-order valence-electron chi connectivity index (χ0n) is 12.8. The Kier molecular flexibility index (Phi) is 5.24. The van der Waals surface area contributed by atoms with Crippen LogP contribution in [0.1, 0.15) is 11.8 Å². The number of ether oxygens (including phenoxy) is 1. The van der Waals surface area contributed by atoms with Crippen molar-refractivity contribution >= 4 is 7.60 Å². The molecule has 0 amide bonds. The molecule has 23 heavy (non-hydrogen) atoms. The molecule has 4 atom stereocenters. The number of hydrogen-bond donors (Lipinski definition) is 3. The third-order valence-electron chi connectivity index (χ3n) is 3.81. The first-order chi connectivity index (χ1) is 10.8. The molecule has 0 aliphatic carbocycles. The molecule has 0 radical (unpaired) electrons. The molecular formula is C12H19N2O8P. The molecule has 1 aromatic heterocycles. The highest BCUT2D eigenvalue weighted by molar-refractivity contribution is 7.54. The van der Waals surface area contributed by atoms with Crippen molar-refractivity contribution in [2.75, 3.05) is 20.8 Å². The normalized spacial score (nSPS) is 28.2. The van der Waals surface area contributed by atoms with E-state index in [9.17, 15) is 24.4 Å². The topological polar surface area (TPSA) is 140 Å². The molecule has 0 spiro atoms. The Morgan fingerprint density at radius 1 is 1.39 bits per heavy atom. The minimum atomic E-state index is -3.77. The van der Waals surface area contributed by atoms with Gasteiger partial charge < -0.3 is 24.0 Å². The maximum absolute atomic E-state index is 12.6. The number of nitrogens with one attached hydrogen (secondary N) is 1. The van der Waals surface area contributed by atoms with Gasteiger partial charge in [-0.2, -0.15) is 0 Å². The number of aliphatic hydroxyl groups is 2. The Bertz CT molecular complexity index is 721. The van der Waals surface area contributed by atoms with Crippen LogP contribution < -0.4 is 11.2 Å². The molecule has 10 nitrogen and oxygen atoms in total. The second kappa shape index (κ2) is 6.68. The Balaban J connectivity index is 2.48. The lowest BCUT2D eigenvalue weighted by Gasteiger charge is -2.25. The summed E-state index contributed by atoms with van der Waals surface area (Å²) in [6, 6.07) is 0. The third-order valence-corrected chi connectivity index (χ3v) is 6.20. The van der Waals surface area contributed by atoms with E-state index in [1.165, 1.54) is 13.1 Å². The standard InChI is InChI=1S/C12H19N2O8P/c1-6-4-14(12(18)13-10(6)17)11-8(16)9(7(5-15)22-11)23(19,20-2)21-3/h4,7-9,11,15-16H,5H2,1-3H3,(H,13,17,18)/t7-,8-,9-,11-/m1/s1. The lowest BCUT2D eigenvalue weighted by molar-refractivity contribution is -0.0531. The first-order valence-electron chi connectivity index (χ1n) is 6.76. The quantitative estimate of drug-likeness (QED) is 0.572. The van der Waals surface area contributed by atoms with Crippen LogP contribution in [-0.2, 0) is 18.3 Å². The summed E-state index contributed by atoms with van der Waals surface area (Å²) < 4.78 is 28.7. The fourth-order valence-electron chi connectivity index (χ4n) is 2.59. The summed E-state index contributed by atoms with van der Waals surface area (Å²) >= 11 is 0. The van der Waals surface area contributed by atoms with Crippen molar-refractivity contribution in [2.24, 2.45) is 0 Å². The maximum atomic E-state index is 12.6. The van der Waals surface area contributed by atoms with Gasteiger partial charge in [-0.25, -0.2) is 4.79 Å². The Hall–Kier alpha value is -1.29. The molecule has 1 aliphatic rings. The molecule has 1 aliphatic heterocycles. The smallest absolute Gasteiger partial charge is 0.338 e. The van der Waals surface area contributed by atoms with E-state index in [0.29, 0.717) is 0 Å². The summed E-state index contributed by atoms with van der Waals surface area (Å²) in [5.74, 6) is 0. The van der Waals surface area contributed by atoms with E-state index in [4.69, 9.17) is 13.8 Å². The predicted molar refractivity (Wildman–Crippen MR) is 78.5 cm³/mol. The molecule has 130 valence electrons. The molecule has 11 heteroatoms. The molecule has 2 heterocycles. The van der Waals surface area contributed by atoms with Gasteiger partial charge in [0.25, 0.3) is 5.56 Å².